The zero-order valence-corrected chi connectivity index (χ0v) is 13.1. The lowest BCUT2D eigenvalue weighted by Gasteiger charge is -2.33. The SMILES string of the molecule is CCCc1nc(N(CC)C2CCCCC2)sc1CN. The molecule has 1 heterocycles. The molecule has 1 fully saturated rings. The van der Waals surface area contributed by atoms with E-state index >= 15 is 0 Å². The van der Waals surface area contributed by atoms with Crippen molar-refractivity contribution in [3.63, 3.8) is 0 Å². The molecule has 2 N–H and O–H groups in total. The zero-order chi connectivity index (χ0) is 13.7. The number of hydrogen-bond acceptors (Lipinski definition) is 4. The Morgan fingerprint density at radius 2 is 2.00 bits per heavy atom. The van der Waals surface area contributed by atoms with Gasteiger partial charge in [0, 0.05) is 24.0 Å². The summed E-state index contributed by atoms with van der Waals surface area (Å²) < 4.78 is 0. The topological polar surface area (TPSA) is 42.2 Å². The molecule has 0 aromatic carbocycles. The van der Waals surface area contributed by atoms with Gasteiger partial charge in [-0.25, -0.2) is 4.98 Å². The average Bonchev–Trinajstić information content (AvgIpc) is 2.84. The molecule has 0 amide bonds. The van der Waals surface area contributed by atoms with E-state index in [4.69, 9.17) is 10.7 Å². The molecule has 0 radical (unpaired) electrons. The average molecular weight is 281 g/mol. The molecule has 1 aromatic rings. The largest absolute Gasteiger partial charge is 0.345 e. The lowest BCUT2D eigenvalue weighted by atomic mass is 9.94. The van der Waals surface area contributed by atoms with Crippen molar-refractivity contribution in [3.05, 3.63) is 10.6 Å². The number of hydrogen-bond donors (Lipinski definition) is 1. The van der Waals surface area contributed by atoms with Crippen LogP contribution in [0.25, 0.3) is 0 Å². The highest BCUT2D eigenvalue weighted by Crippen LogP contribution is 2.32. The van der Waals surface area contributed by atoms with Crippen molar-refractivity contribution in [2.75, 3.05) is 11.4 Å². The molecule has 108 valence electrons. The van der Waals surface area contributed by atoms with E-state index < -0.39 is 0 Å². The fourth-order valence-electron chi connectivity index (χ4n) is 3.03. The van der Waals surface area contributed by atoms with Crippen molar-refractivity contribution >= 4 is 16.5 Å². The van der Waals surface area contributed by atoms with Gasteiger partial charge in [-0.15, -0.1) is 11.3 Å². The smallest absolute Gasteiger partial charge is 0.186 e. The number of thiazole rings is 1. The van der Waals surface area contributed by atoms with Gasteiger partial charge in [-0.05, 0) is 26.2 Å². The second-order valence-electron chi connectivity index (χ2n) is 5.40. The lowest BCUT2D eigenvalue weighted by molar-refractivity contribution is 0.418. The fourth-order valence-corrected chi connectivity index (χ4v) is 4.15. The maximum atomic E-state index is 5.87. The van der Waals surface area contributed by atoms with Crippen LogP contribution >= 0.6 is 11.3 Å². The van der Waals surface area contributed by atoms with E-state index in [0.29, 0.717) is 12.6 Å². The van der Waals surface area contributed by atoms with Crippen LogP contribution in [0.2, 0.25) is 0 Å². The molecule has 0 bridgehead atoms. The van der Waals surface area contributed by atoms with E-state index in [9.17, 15) is 0 Å². The van der Waals surface area contributed by atoms with E-state index in [1.54, 1.807) is 0 Å². The monoisotopic (exact) mass is 281 g/mol. The molecule has 0 unspecified atom stereocenters. The third-order valence-electron chi connectivity index (χ3n) is 4.04. The Hall–Kier alpha value is -0.610. The first-order valence-electron chi connectivity index (χ1n) is 7.75. The maximum absolute atomic E-state index is 5.87. The first kappa shape index (κ1) is 14.8. The predicted octanol–water partition coefficient (Wildman–Crippen LogP) is 3.71. The van der Waals surface area contributed by atoms with Gasteiger partial charge in [0.05, 0.1) is 5.69 Å². The van der Waals surface area contributed by atoms with Gasteiger partial charge in [-0.2, -0.15) is 0 Å². The minimum absolute atomic E-state index is 0.634. The number of aromatic nitrogens is 1. The first-order chi connectivity index (χ1) is 9.30. The summed E-state index contributed by atoms with van der Waals surface area (Å²) in [5.41, 5.74) is 7.10. The molecule has 1 saturated carbocycles. The fraction of sp³-hybridized carbons (Fsp3) is 0.800. The highest BCUT2D eigenvalue weighted by molar-refractivity contribution is 7.15. The summed E-state index contributed by atoms with van der Waals surface area (Å²) in [4.78, 5) is 8.68. The minimum atomic E-state index is 0.634. The van der Waals surface area contributed by atoms with E-state index in [-0.39, 0.29) is 0 Å². The van der Waals surface area contributed by atoms with Crippen LogP contribution in [-0.2, 0) is 13.0 Å². The van der Waals surface area contributed by atoms with Crippen LogP contribution < -0.4 is 10.6 Å². The molecule has 1 aromatic heterocycles. The van der Waals surface area contributed by atoms with Crippen LogP contribution in [0.5, 0.6) is 0 Å². The maximum Gasteiger partial charge on any atom is 0.186 e. The molecule has 19 heavy (non-hydrogen) atoms. The van der Waals surface area contributed by atoms with Gasteiger partial charge in [0.2, 0.25) is 0 Å². The van der Waals surface area contributed by atoms with Gasteiger partial charge in [0.25, 0.3) is 0 Å². The second-order valence-corrected chi connectivity index (χ2v) is 6.46. The Morgan fingerprint density at radius 3 is 2.58 bits per heavy atom. The van der Waals surface area contributed by atoms with Gasteiger partial charge < -0.3 is 10.6 Å². The van der Waals surface area contributed by atoms with Gasteiger partial charge in [0.15, 0.2) is 5.13 Å². The molecule has 0 saturated heterocycles. The van der Waals surface area contributed by atoms with Gasteiger partial charge in [0.1, 0.15) is 0 Å². The van der Waals surface area contributed by atoms with Crippen LogP contribution in [0, 0.1) is 0 Å². The highest BCUT2D eigenvalue weighted by Gasteiger charge is 2.23. The zero-order valence-electron chi connectivity index (χ0n) is 12.3. The van der Waals surface area contributed by atoms with Crippen molar-refractivity contribution in [2.45, 2.75) is 71.4 Å². The second kappa shape index (κ2) is 7.25. The molecular formula is C15H27N3S. The summed E-state index contributed by atoms with van der Waals surface area (Å²) in [5.74, 6) is 0. The van der Waals surface area contributed by atoms with E-state index in [1.807, 2.05) is 11.3 Å². The molecule has 2 rings (SSSR count). The van der Waals surface area contributed by atoms with Crippen molar-refractivity contribution < 1.29 is 0 Å². The van der Waals surface area contributed by atoms with Gasteiger partial charge in [-0.3, -0.25) is 0 Å². The number of aryl methyl sites for hydroxylation is 1. The van der Waals surface area contributed by atoms with Crippen molar-refractivity contribution in [1.82, 2.24) is 4.98 Å². The van der Waals surface area contributed by atoms with Crippen molar-refractivity contribution in [1.29, 1.82) is 0 Å². The van der Waals surface area contributed by atoms with Crippen LogP contribution in [0.3, 0.4) is 0 Å². The normalized spacial score (nSPS) is 16.8. The molecule has 1 aliphatic rings. The van der Waals surface area contributed by atoms with Gasteiger partial charge in [-0.1, -0.05) is 32.6 Å². The van der Waals surface area contributed by atoms with Gasteiger partial charge >= 0.3 is 0 Å². The summed E-state index contributed by atoms with van der Waals surface area (Å²) in [7, 11) is 0. The van der Waals surface area contributed by atoms with Crippen molar-refractivity contribution in [3.8, 4) is 0 Å². The highest BCUT2D eigenvalue weighted by atomic mass is 32.1. The summed E-state index contributed by atoms with van der Waals surface area (Å²) in [6, 6.07) is 0.699. The first-order valence-corrected chi connectivity index (χ1v) is 8.57. The quantitative estimate of drug-likeness (QED) is 0.864. The molecule has 0 aliphatic heterocycles. The van der Waals surface area contributed by atoms with Crippen LogP contribution in [0.1, 0.15) is 62.9 Å². The molecular weight excluding hydrogens is 254 g/mol. The summed E-state index contributed by atoms with van der Waals surface area (Å²) >= 11 is 1.82. The Morgan fingerprint density at radius 1 is 1.26 bits per heavy atom. The molecule has 4 heteroatoms. The number of nitrogens with zero attached hydrogens (tertiary/aromatic N) is 2. The lowest BCUT2D eigenvalue weighted by Crippen LogP contribution is -2.36. The third kappa shape index (κ3) is 3.48. The third-order valence-corrected chi connectivity index (χ3v) is 5.20. The van der Waals surface area contributed by atoms with E-state index in [1.165, 1.54) is 47.8 Å². The summed E-state index contributed by atoms with van der Waals surface area (Å²) in [5, 5.41) is 1.21. The number of nitrogens with two attached hydrogens (primary N) is 1. The minimum Gasteiger partial charge on any atom is -0.345 e. The van der Waals surface area contributed by atoms with Crippen LogP contribution in [0.4, 0.5) is 5.13 Å². The predicted molar refractivity (Wildman–Crippen MR) is 83.9 cm³/mol. The Labute approximate surface area is 121 Å². The summed E-state index contributed by atoms with van der Waals surface area (Å²) in [6.07, 6.45) is 9.01. The Bertz CT molecular complexity index is 383. The van der Waals surface area contributed by atoms with Crippen LogP contribution in [0.15, 0.2) is 0 Å². The molecule has 0 atom stereocenters. The van der Waals surface area contributed by atoms with E-state index in [2.05, 4.69) is 18.7 Å². The Balaban J connectivity index is 2.17. The van der Waals surface area contributed by atoms with Crippen LogP contribution in [-0.4, -0.2) is 17.6 Å². The molecule has 0 spiro atoms. The molecule has 1 aliphatic carbocycles. The Kier molecular flexibility index (Phi) is 5.64. The standard InChI is InChI=1S/C15H27N3S/c1-3-8-13-14(11-16)19-15(17-13)18(4-2)12-9-6-5-7-10-12/h12H,3-11,16H2,1-2H3. The number of anilines is 1. The molecule has 3 nitrogen and oxygen atoms in total. The summed E-state index contributed by atoms with van der Waals surface area (Å²) in [6.45, 7) is 6.15. The number of rotatable bonds is 6. The van der Waals surface area contributed by atoms with E-state index in [0.717, 1.165) is 19.4 Å². The van der Waals surface area contributed by atoms with Crippen molar-refractivity contribution in [2.24, 2.45) is 5.73 Å².